The fourth-order valence-corrected chi connectivity index (χ4v) is 2.68. The van der Waals surface area contributed by atoms with Gasteiger partial charge in [-0.2, -0.15) is 10.1 Å². The van der Waals surface area contributed by atoms with Crippen LogP contribution in [0.2, 0.25) is 0 Å². The number of aromatic nitrogens is 1. The van der Waals surface area contributed by atoms with Crippen molar-refractivity contribution in [1.29, 1.82) is 0 Å². The molecule has 0 saturated carbocycles. The summed E-state index contributed by atoms with van der Waals surface area (Å²) in [5.41, 5.74) is 6.50. The molecule has 18 heavy (non-hydrogen) atoms. The van der Waals surface area contributed by atoms with Gasteiger partial charge in [-0.05, 0) is 25.8 Å². The molecule has 1 atom stereocenters. The van der Waals surface area contributed by atoms with Gasteiger partial charge in [0.2, 0.25) is 5.13 Å². The van der Waals surface area contributed by atoms with E-state index in [0.717, 1.165) is 31.4 Å². The van der Waals surface area contributed by atoms with Crippen LogP contribution in [0.4, 0.5) is 5.13 Å². The molecule has 1 unspecified atom stereocenters. The lowest BCUT2D eigenvalue weighted by molar-refractivity contribution is -0.119. The molecule has 2 rings (SSSR count). The number of rotatable bonds is 6. The highest BCUT2D eigenvalue weighted by Crippen LogP contribution is 2.29. The predicted molar refractivity (Wildman–Crippen MR) is 73.7 cm³/mol. The number of thiazole rings is 1. The average Bonchev–Trinajstić information content (AvgIpc) is 2.97. The van der Waals surface area contributed by atoms with Gasteiger partial charge in [-0.15, -0.1) is 11.3 Å². The molecule has 1 aliphatic rings. The summed E-state index contributed by atoms with van der Waals surface area (Å²) in [6.07, 6.45) is 5.19. The highest BCUT2D eigenvalue weighted by Gasteiger charge is 2.36. The topological polar surface area (TPSA) is 71.6 Å². The van der Waals surface area contributed by atoms with E-state index in [4.69, 9.17) is 5.73 Å². The Morgan fingerprint density at radius 2 is 2.39 bits per heavy atom. The monoisotopic (exact) mass is 266 g/mol. The first kappa shape index (κ1) is 13.2. The lowest BCUT2D eigenvalue weighted by Gasteiger charge is -2.11. The van der Waals surface area contributed by atoms with E-state index in [1.54, 1.807) is 6.20 Å². The fraction of sp³-hybridized carbons (Fsp3) is 0.583. The van der Waals surface area contributed by atoms with Crippen LogP contribution >= 0.6 is 11.3 Å². The third-order valence-electron chi connectivity index (χ3n) is 2.94. The maximum Gasteiger partial charge on any atom is 0.258 e. The molecule has 0 fully saturated rings. The molecule has 1 aromatic heterocycles. The van der Waals surface area contributed by atoms with Crippen LogP contribution in [0.25, 0.3) is 0 Å². The van der Waals surface area contributed by atoms with Crippen LogP contribution in [0.3, 0.4) is 0 Å². The largest absolute Gasteiger partial charge is 0.330 e. The molecule has 0 saturated heterocycles. The highest BCUT2D eigenvalue weighted by atomic mass is 32.1. The van der Waals surface area contributed by atoms with Crippen molar-refractivity contribution < 1.29 is 4.79 Å². The van der Waals surface area contributed by atoms with E-state index in [0.29, 0.717) is 11.7 Å². The Balaban J connectivity index is 2.17. The van der Waals surface area contributed by atoms with Crippen LogP contribution < -0.4 is 10.7 Å². The molecule has 1 aromatic rings. The normalized spacial score (nSPS) is 19.4. The third kappa shape index (κ3) is 2.59. The second-order valence-electron chi connectivity index (χ2n) is 4.29. The maximum absolute atomic E-state index is 12.3. The highest BCUT2D eigenvalue weighted by molar-refractivity contribution is 7.13. The van der Waals surface area contributed by atoms with E-state index in [1.807, 2.05) is 5.38 Å². The summed E-state index contributed by atoms with van der Waals surface area (Å²) in [6, 6.07) is 0. The van der Waals surface area contributed by atoms with Crippen molar-refractivity contribution in [2.45, 2.75) is 32.6 Å². The van der Waals surface area contributed by atoms with E-state index >= 15 is 0 Å². The van der Waals surface area contributed by atoms with Crippen molar-refractivity contribution in [3.63, 3.8) is 0 Å². The molecule has 1 amide bonds. The van der Waals surface area contributed by atoms with Crippen LogP contribution in [0, 0.1) is 5.92 Å². The molecule has 2 heterocycles. The minimum absolute atomic E-state index is 0.0434. The molecule has 1 aliphatic heterocycles. The number of nitrogens with zero attached hydrogens (tertiary/aromatic N) is 3. The van der Waals surface area contributed by atoms with Gasteiger partial charge < -0.3 is 5.73 Å². The van der Waals surface area contributed by atoms with Gasteiger partial charge in [0.1, 0.15) is 0 Å². The Labute approximate surface area is 111 Å². The van der Waals surface area contributed by atoms with Crippen molar-refractivity contribution in [2.24, 2.45) is 16.8 Å². The summed E-state index contributed by atoms with van der Waals surface area (Å²) in [4.78, 5) is 16.5. The smallest absolute Gasteiger partial charge is 0.258 e. The summed E-state index contributed by atoms with van der Waals surface area (Å²) in [6.45, 7) is 2.71. The summed E-state index contributed by atoms with van der Waals surface area (Å²) in [7, 11) is 0. The van der Waals surface area contributed by atoms with Gasteiger partial charge >= 0.3 is 0 Å². The van der Waals surface area contributed by atoms with Crippen LogP contribution in [0.5, 0.6) is 0 Å². The molecule has 0 aromatic carbocycles. The van der Waals surface area contributed by atoms with Gasteiger partial charge in [-0.25, -0.2) is 4.98 Å². The van der Waals surface area contributed by atoms with Gasteiger partial charge in [0.05, 0.1) is 11.6 Å². The number of amides is 1. The number of nitrogens with two attached hydrogens (primary N) is 1. The predicted octanol–water partition coefficient (Wildman–Crippen LogP) is 2.00. The summed E-state index contributed by atoms with van der Waals surface area (Å²) in [5.74, 6) is -0.0563. The van der Waals surface area contributed by atoms with Gasteiger partial charge in [0.25, 0.3) is 5.91 Å². The van der Waals surface area contributed by atoms with Crippen LogP contribution in [-0.4, -0.2) is 23.1 Å². The minimum Gasteiger partial charge on any atom is -0.330 e. The van der Waals surface area contributed by atoms with Crippen LogP contribution in [-0.2, 0) is 4.79 Å². The quantitative estimate of drug-likeness (QED) is 0.856. The number of hydrogen-bond acceptors (Lipinski definition) is 5. The van der Waals surface area contributed by atoms with Crippen molar-refractivity contribution in [1.82, 2.24) is 4.98 Å². The van der Waals surface area contributed by atoms with E-state index < -0.39 is 0 Å². The minimum atomic E-state index is -0.0996. The van der Waals surface area contributed by atoms with Gasteiger partial charge in [0, 0.05) is 11.6 Å². The fourth-order valence-electron chi connectivity index (χ4n) is 2.09. The molecule has 98 valence electrons. The molecule has 0 bridgehead atoms. The van der Waals surface area contributed by atoms with Crippen LogP contribution in [0.15, 0.2) is 16.7 Å². The summed E-state index contributed by atoms with van der Waals surface area (Å²) >= 11 is 1.43. The number of hydrogen-bond donors (Lipinski definition) is 1. The summed E-state index contributed by atoms with van der Waals surface area (Å²) in [5, 5.41) is 8.41. The molecule has 6 heteroatoms. The standard InChI is InChI=1S/C12H18N4OS/c1-2-4-10-9(5-3-6-13)11(17)16(15-10)12-14-7-8-18-12/h7-9H,2-6,13H2,1H3. The Morgan fingerprint density at radius 1 is 1.56 bits per heavy atom. The van der Waals surface area contributed by atoms with Gasteiger partial charge in [0.15, 0.2) is 0 Å². The van der Waals surface area contributed by atoms with E-state index in [-0.39, 0.29) is 11.8 Å². The molecule has 0 spiro atoms. The van der Waals surface area contributed by atoms with Crippen molar-refractivity contribution in [3.8, 4) is 0 Å². The molecular weight excluding hydrogens is 248 g/mol. The number of carbonyl (C=O) groups is 1. The zero-order chi connectivity index (χ0) is 13.0. The summed E-state index contributed by atoms with van der Waals surface area (Å²) < 4.78 is 0. The van der Waals surface area contributed by atoms with E-state index in [9.17, 15) is 4.79 Å². The lowest BCUT2D eigenvalue weighted by Crippen LogP contribution is -2.27. The maximum atomic E-state index is 12.3. The molecule has 0 radical (unpaired) electrons. The number of hydrazone groups is 1. The molecule has 2 N–H and O–H groups in total. The number of carbonyl (C=O) groups excluding carboxylic acids is 1. The first-order valence-corrected chi connectivity index (χ1v) is 7.16. The Morgan fingerprint density at radius 3 is 3.00 bits per heavy atom. The second-order valence-corrected chi connectivity index (χ2v) is 5.16. The van der Waals surface area contributed by atoms with E-state index in [1.165, 1.54) is 16.3 Å². The average molecular weight is 266 g/mol. The third-order valence-corrected chi connectivity index (χ3v) is 3.69. The Hall–Kier alpha value is -1.27. The molecule has 5 nitrogen and oxygen atoms in total. The Bertz CT molecular complexity index is 429. The second kappa shape index (κ2) is 6.06. The van der Waals surface area contributed by atoms with Gasteiger partial charge in [-0.1, -0.05) is 13.3 Å². The van der Waals surface area contributed by atoms with Crippen LogP contribution in [0.1, 0.15) is 32.6 Å². The first-order valence-electron chi connectivity index (χ1n) is 6.28. The van der Waals surface area contributed by atoms with Crippen molar-refractivity contribution in [2.75, 3.05) is 11.6 Å². The Kier molecular flexibility index (Phi) is 4.43. The van der Waals surface area contributed by atoms with Gasteiger partial charge in [-0.3, -0.25) is 4.79 Å². The van der Waals surface area contributed by atoms with Crippen molar-refractivity contribution >= 4 is 28.1 Å². The zero-order valence-corrected chi connectivity index (χ0v) is 11.3. The number of anilines is 1. The lowest BCUT2D eigenvalue weighted by atomic mass is 9.95. The molecular formula is C12H18N4OS. The SMILES string of the molecule is CCCC1=NN(c2nccs2)C(=O)C1CCCN. The molecule has 0 aliphatic carbocycles. The van der Waals surface area contributed by atoms with E-state index in [2.05, 4.69) is 17.0 Å². The first-order chi connectivity index (χ1) is 8.77. The zero-order valence-electron chi connectivity index (χ0n) is 10.5. The van der Waals surface area contributed by atoms with Crippen molar-refractivity contribution in [3.05, 3.63) is 11.6 Å².